The SMILES string of the molecule is COc1cc(N(C(=O)NCCCn2cncc2C)C(C)C)ccc1OCCN1CCNCC1. The predicted octanol–water partition coefficient (Wildman–Crippen LogP) is 2.50. The summed E-state index contributed by atoms with van der Waals surface area (Å²) in [6.07, 6.45) is 4.49. The number of carbonyl (C=O) groups excluding carboxylic acids is 1. The Morgan fingerprint density at radius 1 is 1.24 bits per heavy atom. The highest BCUT2D eigenvalue weighted by Crippen LogP contribution is 2.32. The number of carbonyl (C=O) groups is 1. The van der Waals surface area contributed by atoms with Gasteiger partial charge in [-0.15, -0.1) is 0 Å². The highest BCUT2D eigenvalue weighted by Gasteiger charge is 2.20. The predicted molar refractivity (Wildman–Crippen MR) is 130 cm³/mol. The molecule has 1 saturated heterocycles. The van der Waals surface area contributed by atoms with Gasteiger partial charge < -0.3 is 24.7 Å². The molecule has 2 amide bonds. The fourth-order valence-electron chi connectivity index (χ4n) is 3.95. The summed E-state index contributed by atoms with van der Waals surface area (Å²) >= 11 is 0. The zero-order valence-electron chi connectivity index (χ0n) is 20.3. The summed E-state index contributed by atoms with van der Waals surface area (Å²) in [5, 5.41) is 6.39. The van der Waals surface area contributed by atoms with E-state index < -0.39 is 0 Å². The van der Waals surface area contributed by atoms with Crippen molar-refractivity contribution in [3.8, 4) is 11.5 Å². The van der Waals surface area contributed by atoms with E-state index in [9.17, 15) is 4.79 Å². The molecule has 0 radical (unpaired) electrons. The van der Waals surface area contributed by atoms with Crippen molar-refractivity contribution >= 4 is 11.7 Å². The van der Waals surface area contributed by atoms with Crippen LogP contribution < -0.4 is 25.0 Å². The summed E-state index contributed by atoms with van der Waals surface area (Å²) in [5.74, 6) is 1.32. The Balaban J connectivity index is 1.55. The zero-order chi connectivity index (χ0) is 23.6. The first-order chi connectivity index (χ1) is 16.0. The molecule has 9 nitrogen and oxygen atoms in total. The van der Waals surface area contributed by atoms with Gasteiger partial charge >= 0.3 is 6.03 Å². The number of piperazine rings is 1. The van der Waals surface area contributed by atoms with Gasteiger partial charge in [-0.3, -0.25) is 9.80 Å². The van der Waals surface area contributed by atoms with Crippen molar-refractivity contribution in [3.63, 3.8) is 0 Å². The van der Waals surface area contributed by atoms with Crippen LogP contribution >= 0.6 is 0 Å². The highest BCUT2D eigenvalue weighted by atomic mass is 16.5. The Hall–Kier alpha value is -2.78. The Morgan fingerprint density at radius 2 is 2.03 bits per heavy atom. The molecule has 2 N–H and O–H groups in total. The van der Waals surface area contributed by atoms with Gasteiger partial charge in [0.05, 0.1) is 13.4 Å². The second kappa shape index (κ2) is 12.5. The minimum absolute atomic E-state index is 0.00919. The second-order valence-electron chi connectivity index (χ2n) is 8.55. The van der Waals surface area contributed by atoms with E-state index >= 15 is 0 Å². The van der Waals surface area contributed by atoms with Gasteiger partial charge in [-0.2, -0.15) is 0 Å². The largest absolute Gasteiger partial charge is 0.493 e. The monoisotopic (exact) mass is 458 g/mol. The van der Waals surface area contributed by atoms with Crippen molar-refractivity contribution in [1.29, 1.82) is 0 Å². The molecule has 1 aromatic carbocycles. The summed E-state index contributed by atoms with van der Waals surface area (Å²) in [6, 6.07) is 5.54. The fraction of sp³-hybridized carbons (Fsp3) is 0.583. The Bertz CT molecular complexity index is 879. The number of anilines is 1. The normalized spacial score (nSPS) is 14.3. The fourth-order valence-corrected chi connectivity index (χ4v) is 3.95. The van der Waals surface area contributed by atoms with Crippen LogP contribution in [0.3, 0.4) is 0 Å². The van der Waals surface area contributed by atoms with Crippen LogP contribution in [0.15, 0.2) is 30.7 Å². The van der Waals surface area contributed by atoms with E-state index in [1.54, 1.807) is 12.0 Å². The van der Waals surface area contributed by atoms with E-state index in [4.69, 9.17) is 9.47 Å². The minimum atomic E-state index is -0.123. The Morgan fingerprint density at radius 3 is 2.70 bits per heavy atom. The van der Waals surface area contributed by atoms with Crippen LogP contribution in [-0.4, -0.2) is 79.5 Å². The molecular formula is C24H38N6O3. The number of hydrogen-bond donors (Lipinski definition) is 2. The van der Waals surface area contributed by atoms with E-state index in [0.717, 1.165) is 57.1 Å². The van der Waals surface area contributed by atoms with Crippen LogP contribution in [0.2, 0.25) is 0 Å². The van der Waals surface area contributed by atoms with E-state index in [0.29, 0.717) is 24.7 Å². The lowest BCUT2D eigenvalue weighted by Gasteiger charge is -2.28. The van der Waals surface area contributed by atoms with E-state index in [1.165, 1.54) is 0 Å². The van der Waals surface area contributed by atoms with Gasteiger partial charge in [0.1, 0.15) is 6.61 Å². The highest BCUT2D eigenvalue weighted by molar-refractivity contribution is 5.92. The van der Waals surface area contributed by atoms with Crippen molar-refractivity contribution in [2.24, 2.45) is 0 Å². The third-order valence-electron chi connectivity index (χ3n) is 5.81. The molecule has 0 bridgehead atoms. The van der Waals surface area contributed by atoms with Crippen LogP contribution in [0.4, 0.5) is 10.5 Å². The average Bonchev–Trinajstić information content (AvgIpc) is 3.22. The van der Waals surface area contributed by atoms with Crippen molar-refractivity contribution in [1.82, 2.24) is 25.1 Å². The number of nitrogens with zero attached hydrogens (tertiary/aromatic N) is 4. The van der Waals surface area contributed by atoms with Crippen molar-refractivity contribution in [2.45, 2.75) is 39.8 Å². The summed E-state index contributed by atoms with van der Waals surface area (Å²) in [7, 11) is 1.63. The molecule has 9 heteroatoms. The van der Waals surface area contributed by atoms with Gasteiger partial charge in [0.25, 0.3) is 0 Å². The summed E-state index contributed by atoms with van der Waals surface area (Å²) in [4.78, 5) is 21.2. The van der Waals surface area contributed by atoms with Crippen LogP contribution in [0.5, 0.6) is 11.5 Å². The Labute approximate surface area is 197 Å². The number of aromatic nitrogens is 2. The standard InChI is InChI=1S/C24H38N6O3/c1-19(2)30(24(31)27-8-5-11-29-18-26-17-20(29)3)21-6-7-22(23(16-21)32-4)33-15-14-28-12-9-25-10-13-28/h6-7,16-19,25H,5,8-15H2,1-4H3,(H,27,31). The molecule has 1 fully saturated rings. The minimum Gasteiger partial charge on any atom is -0.493 e. The van der Waals surface area contributed by atoms with Crippen molar-refractivity contribution in [2.75, 3.05) is 57.9 Å². The summed E-state index contributed by atoms with van der Waals surface area (Å²) < 4.78 is 13.7. The van der Waals surface area contributed by atoms with E-state index in [1.807, 2.05) is 51.5 Å². The number of aryl methyl sites for hydroxylation is 2. The zero-order valence-corrected chi connectivity index (χ0v) is 20.3. The molecule has 33 heavy (non-hydrogen) atoms. The molecule has 0 spiro atoms. The molecular weight excluding hydrogens is 420 g/mol. The molecule has 0 saturated carbocycles. The van der Waals surface area contributed by atoms with Crippen molar-refractivity contribution < 1.29 is 14.3 Å². The van der Waals surface area contributed by atoms with Crippen LogP contribution in [0, 0.1) is 6.92 Å². The number of ether oxygens (including phenoxy) is 2. The van der Waals surface area contributed by atoms with Gasteiger partial charge in [0.15, 0.2) is 11.5 Å². The molecule has 182 valence electrons. The number of hydrogen-bond acceptors (Lipinski definition) is 6. The smallest absolute Gasteiger partial charge is 0.322 e. The van der Waals surface area contributed by atoms with Crippen LogP contribution in [-0.2, 0) is 6.54 Å². The lowest BCUT2D eigenvalue weighted by Crippen LogP contribution is -2.45. The number of methoxy groups -OCH3 is 1. The first-order valence-electron chi connectivity index (χ1n) is 11.8. The Kier molecular flexibility index (Phi) is 9.38. The van der Waals surface area contributed by atoms with Gasteiger partial charge in [0.2, 0.25) is 0 Å². The molecule has 1 aliphatic heterocycles. The number of urea groups is 1. The molecule has 0 aliphatic carbocycles. The first kappa shape index (κ1) is 24.9. The number of benzene rings is 1. The topological polar surface area (TPSA) is 83.9 Å². The van der Waals surface area contributed by atoms with E-state index in [2.05, 4.69) is 25.1 Å². The number of imidazole rings is 1. The molecule has 2 aromatic rings. The molecule has 0 atom stereocenters. The molecule has 3 rings (SSSR count). The van der Waals surface area contributed by atoms with Crippen molar-refractivity contribution in [3.05, 3.63) is 36.4 Å². The average molecular weight is 459 g/mol. The van der Waals surface area contributed by atoms with Crippen LogP contribution in [0.1, 0.15) is 26.0 Å². The van der Waals surface area contributed by atoms with E-state index in [-0.39, 0.29) is 12.1 Å². The molecule has 1 aliphatic rings. The maximum absolute atomic E-state index is 13.0. The summed E-state index contributed by atoms with van der Waals surface area (Å²) in [5.41, 5.74) is 1.90. The van der Waals surface area contributed by atoms with Gasteiger partial charge in [0, 0.05) is 75.5 Å². The quantitative estimate of drug-likeness (QED) is 0.504. The number of amides is 2. The molecule has 1 aromatic heterocycles. The maximum atomic E-state index is 13.0. The second-order valence-corrected chi connectivity index (χ2v) is 8.55. The first-order valence-corrected chi connectivity index (χ1v) is 11.8. The van der Waals surface area contributed by atoms with Gasteiger partial charge in [-0.05, 0) is 39.3 Å². The third-order valence-corrected chi connectivity index (χ3v) is 5.81. The maximum Gasteiger partial charge on any atom is 0.322 e. The lowest BCUT2D eigenvalue weighted by atomic mass is 10.2. The van der Waals surface area contributed by atoms with Gasteiger partial charge in [-0.1, -0.05) is 0 Å². The summed E-state index contributed by atoms with van der Waals surface area (Å²) in [6.45, 7) is 13.0. The lowest BCUT2D eigenvalue weighted by molar-refractivity contribution is 0.188. The van der Waals surface area contributed by atoms with Gasteiger partial charge in [-0.25, -0.2) is 9.78 Å². The third kappa shape index (κ3) is 7.10. The molecule has 2 heterocycles. The number of rotatable bonds is 11. The molecule has 0 unspecified atom stereocenters. The van der Waals surface area contributed by atoms with Crippen LogP contribution in [0.25, 0.3) is 0 Å². The number of nitrogens with one attached hydrogen (secondary N) is 2.